The maximum atomic E-state index is 13.3. The van der Waals surface area contributed by atoms with Gasteiger partial charge < -0.3 is 24.3 Å². The molecule has 206 valence electrons. The third-order valence-corrected chi connectivity index (χ3v) is 9.22. The van der Waals surface area contributed by atoms with Crippen LogP contribution >= 0.6 is 0 Å². The van der Waals surface area contributed by atoms with Crippen molar-refractivity contribution < 1.29 is 27.2 Å². The molecule has 3 aromatic rings. The molecule has 39 heavy (non-hydrogen) atoms. The molecule has 0 bridgehead atoms. The summed E-state index contributed by atoms with van der Waals surface area (Å²) >= 11 is 0. The average Bonchev–Trinajstić information content (AvgIpc) is 3.52. The maximum Gasteiger partial charge on any atom is 0.289 e. The van der Waals surface area contributed by atoms with Gasteiger partial charge in [0.2, 0.25) is 15.9 Å². The summed E-state index contributed by atoms with van der Waals surface area (Å²) in [7, 11) is -2.04. The number of likely N-dealkylation sites (tertiary alicyclic amines) is 1. The minimum atomic E-state index is -3.66. The molecule has 0 radical (unpaired) electrons. The Balaban J connectivity index is 1.14. The van der Waals surface area contributed by atoms with Crippen LogP contribution in [-0.2, 0) is 14.8 Å². The van der Waals surface area contributed by atoms with Gasteiger partial charge in [0.25, 0.3) is 5.91 Å². The summed E-state index contributed by atoms with van der Waals surface area (Å²) < 4.78 is 38.6. The van der Waals surface area contributed by atoms with Gasteiger partial charge in [-0.05, 0) is 61.4 Å². The van der Waals surface area contributed by atoms with Crippen molar-refractivity contribution in [3.63, 3.8) is 0 Å². The second-order valence-corrected chi connectivity index (χ2v) is 11.6. The third-order valence-electron chi connectivity index (χ3n) is 7.31. The van der Waals surface area contributed by atoms with Crippen molar-refractivity contribution >= 4 is 33.2 Å². The lowest BCUT2D eigenvalue weighted by molar-refractivity contribution is -0.121. The number of carbonyl (C=O) groups excluding carboxylic acids is 2. The van der Waals surface area contributed by atoms with Crippen molar-refractivity contribution in [3.05, 3.63) is 72.7 Å². The predicted molar refractivity (Wildman–Crippen MR) is 146 cm³/mol. The normalized spacial score (nSPS) is 17.2. The fourth-order valence-corrected chi connectivity index (χ4v) is 6.49. The van der Waals surface area contributed by atoms with Crippen LogP contribution in [0.15, 0.2) is 76.2 Å². The highest BCUT2D eigenvalue weighted by Gasteiger charge is 2.31. The minimum absolute atomic E-state index is 0.136. The zero-order valence-electron chi connectivity index (χ0n) is 21.8. The largest absolute Gasteiger partial charge is 0.495 e. The van der Waals surface area contributed by atoms with Crippen LogP contribution in [0.1, 0.15) is 23.4 Å². The van der Waals surface area contributed by atoms with Gasteiger partial charge in [-0.2, -0.15) is 4.31 Å². The lowest BCUT2D eigenvalue weighted by Crippen LogP contribution is -2.48. The second-order valence-electron chi connectivity index (χ2n) is 9.62. The molecule has 0 unspecified atom stereocenters. The number of para-hydroxylation sites is 2. The molecule has 5 rings (SSSR count). The zero-order chi connectivity index (χ0) is 27.4. The number of sulfonamides is 1. The number of piperazine rings is 1. The number of hydrogen-bond donors (Lipinski definition) is 1. The van der Waals surface area contributed by atoms with E-state index in [1.807, 2.05) is 24.3 Å². The number of carbonyl (C=O) groups is 2. The zero-order valence-corrected chi connectivity index (χ0v) is 22.6. The Kier molecular flexibility index (Phi) is 7.89. The van der Waals surface area contributed by atoms with E-state index in [1.165, 1.54) is 22.7 Å². The average molecular weight is 553 g/mol. The smallest absolute Gasteiger partial charge is 0.289 e. The summed E-state index contributed by atoms with van der Waals surface area (Å²) in [5.74, 6) is 0.527. The van der Waals surface area contributed by atoms with Gasteiger partial charge in [-0.15, -0.1) is 0 Å². The van der Waals surface area contributed by atoms with Gasteiger partial charge in [0.05, 0.1) is 24.0 Å². The third kappa shape index (κ3) is 5.79. The number of hydrogen-bond acceptors (Lipinski definition) is 7. The first-order chi connectivity index (χ1) is 18.9. The molecule has 11 heteroatoms. The van der Waals surface area contributed by atoms with E-state index < -0.39 is 10.0 Å². The van der Waals surface area contributed by atoms with Crippen LogP contribution in [0, 0.1) is 5.92 Å². The highest BCUT2D eigenvalue weighted by Crippen LogP contribution is 2.29. The van der Waals surface area contributed by atoms with E-state index in [-0.39, 0.29) is 22.6 Å². The van der Waals surface area contributed by atoms with Crippen LogP contribution in [0.3, 0.4) is 0 Å². The van der Waals surface area contributed by atoms with Gasteiger partial charge in [0, 0.05) is 50.9 Å². The van der Waals surface area contributed by atoms with Gasteiger partial charge >= 0.3 is 0 Å². The molecule has 2 saturated heterocycles. The Bertz CT molecular complexity index is 1390. The predicted octanol–water partition coefficient (Wildman–Crippen LogP) is 3.29. The van der Waals surface area contributed by atoms with Gasteiger partial charge in [0.15, 0.2) is 5.76 Å². The molecule has 10 nitrogen and oxygen atoms in total. The Hall–Kier alpha value is -3.83. The van der Waals surface area contributed by atoms with Crippen molar-refractivity contribution in [2.75, 3.05) is 56.6 Å². The monoisotopic (exact) mass is 552 g/mol. The number of nitrogens with one attached hydrogen (secondary N) is 1. The number of nitrogens with zero attached hydrogens (tertiary/aromatic N) is 3. The van der Waals surface area contributed by atoms with Gasteiger partial charge in [0.1, 0.15) is 5.75 Å². The SMILES string of the molecule is COc1ccccc1N1CCN(S(=O)(=O)c2ccc(NC(=O)C3CCN(C(=O)c4ccco4)CC3)cc2)CC1. The van der Waals surface area contributed by atoms with Crippen molar-refractivity contribution in [2.24, 2.45) is 5.92 Å². The van der Waals surface area contributed by atoms with Crippen LogP contribution in [-0.4, -0.2) is 75.8 Å². The maximum absolute atomic E-state index is 13.3. The van der Waals surface area contributed by atoms with E-state index in [1.54, 1.807) is 36.3 Å². The number of anilines is 2. The molecule has 2 amide bonds. The molecule has 2 aliphatic rings. The Morgan fingerprint density at radius 3 is 2.23 bits per heavy atom. The van der Waals surface area contributed by atoms with E-state index in [4.69, 9.17) is 9.15 Å². The number of methoxy groups -OCH3 is 1. The topological polar surface area (TPSA) is 112 Å². The highest BCUT2D eigenvalue weighted by atomic mass is 32.2. The van der Waals surface area contributed by atoms with Crippen LogP contribution in [0.25, 0.3) is 0 Å². The van der Waals surface area contributed by atoms with E-state index in [9.17, 15) is 18.0 Å². The van der Waals surface area contributed by atoms with E-state index in [0.29, 0.717) is 63.6 Å². The van der Waals surface area contributed by atoms with Crippen LogP contribution in [0.5, 0.6) is 5.75 Å². The summed E-state index contributed by atoms with van der Waals surface area (Å²) in [4.78, 5) is 29.3. The molecular weight excluding hydrogens is 520 g/mol. The molecule has 0 aliphatic carbocycles. The Morgan fingerprint density at radius 2 is 1.59 bits per heavy atom. The molecule has 0 spiro atoms. The number of furan rings is 1. The van der Waals surface area contributed by atoms with Gasteiger partial charge in [-0.3, -0.25) is 9.59 Å². The fourth-order valence-electron chi connectivity index (χ4n) is 5.06. The first kappa shape index (κ1) is 26.8. The molecular formula is C28H32N4O6S. The molecule has 2 aliphatic heterocycles. The molecule has 0 saturated carbocycles. The fraction of sp³-hybridized carbons (Fsp3) is 0.357. The summed E-state index contributed by atoms with van der Waals surface area (Å²) in [5.41, 5.74) is 1.49. The first-order valence-corrected chi connectivity index (χ1v) is 14.4. The standard InChI is InChI=1S/C28H32N4O6S/c1-37-25-6-3-2-5-24(25)30-16-18-32(19-17-30)39(35,36)23-10-8-22(9-11-23)29-27(33)21-12-14-31(15-13-21)28(34)26-7-4-20-38-26/h2-11,20-21H,12-19H2,1H3,(H,29,33). The summed E-state index contributed by atoms with van der Waals surface area (Å²) in [6.07, 6.45) is 2.56. The Morgan fingerprint density at radius 1 is 0.897 bits per heavy atom. The van der Waals surface area contributed by atoms with Gasteiger partial charge in [-0.1, -0.05) is 12.1 Å². The second kappa shape index (κ2) is 11.5. The number of amides is 2. The van der Waals surface area contributed by atoms with Crippen molar-refractivity contribution in [1.82, 2.24) is 9.21 Å². The first-order valence-electron chi connectivity index (χ1n) is 13.0. The lowest BCUT2D eigenvalue weighted by atomic mass is 9.95. The molecule has 2 fully saturated rings. The Labute approximate surface area is 228 Å². The van der Waals surface area contributed by atoms with Crippen molar-refractivity contribution in [2.45, 2.75) is 17.7 Å². The molecule has 2 aromatic carbocycles. The summed E-state index contributed by atoms with van der Waals surface area (Å²) in [5, 5.41) is 2.89. The van der Waals surface area contributed by atoms with E-state index in [2.05, 4.69) is 10.2 Å². The molecule has 1 N–H and O–H groups in total. The van der Waals surface area contributed by atoms with E-state index >= 15 is 0 Å². The van der Waals surface area contributed by atoms with Crippen LogP contribution in [0.4, 0.5) is 11.4 Å². The molecule has 3 heterocycles. The summed E-state index contributed by atoms with van der Waals surface area (Å²) in [6.45, 7) is 2.78. The molecule has 0 atom stereocenters. The van der Waals surface area contributed by atoms with E-state index in [0.717, 1.165) is 11.4 Å². The van der Waals surface area contributed by atoms with Gasteiger partial charge in [-0.25, -0.2) is 8.42 Å². The van der Waals surface area contributed by atoms with Crippen molar-refractivity contribution in [1.29, 1.82) is 0 Å². The quantitative estimate of drug-likeness (QED) is 0.479. The summed E-state index contributed by atoms with van der Waals surface area (Å²) in [6, 6.07) is 17.3. The van der Waals surface area contributed by atoms with Crippen LogP contribution in [0.2, 0.25) is 0 Å². The highest BCUT2D eigenvalue weighted by molar-refractivity contribution is 7.89. The minimum Gasteiger partial charge on any atom is -0.495 e. The number of piperidine rings is 1. The van der Waals surface area contributed by atoms with Crippen LogP contribution < -0.4 is 15.0 Å². The number of rotatable bonds is 7. The number of benzene rings is 2. The number of ether oxygens (including phenoxy) is 1. The lowest BCUT2D eigenvalue weighted by Gasteiger charge is -2.35. The molecule has 1 aromatic heterocycles. The van der Waals surface area contributed by atoms with Crippen molar-refractivity contribution in [3.8, 4) is 5.75 Å².